The average Bonchev–Trinajstić information content (AvgIpc) is 3.26. The van der Waals surface area contributed by atoms with E-state index in [2.05, 4.69) is 5.32 Å². The number of amides is 1. The van der Waals surface area contributed by atoms with Gasteiger partial charge in [-0.25, -0.2) is 4.99 Å². The number of rotatable bonds is 4. The highest BCUT2D eigenvalue weighted by Crippen LogP contribution is 2.31. The molecule has 0 radical (unpaired) electrons. The van der Waals surface area contributed by atoms with E-state index in [-0.39, 0.29) is 5.91 Å². The van der Waals surface area contributed by atoms with E-state index in [4.69, 9.17) is 44.8 Å². The molecule has 32 heavy (non-hydrogen) atoms. The van der Waals surface area contributed by atoms with Crippen LogP contribution in [-0.4, -0.2) is 41.9 Å². The predicted molar refractivity (Wildman–Crippen MR) is 132 cm³/mol. The second-order valence-corrected chi connectivity index (χ2v) is 8.53. The largest absolute Gasteiger partial charge is 0.467 e. The molecule has 1 atom stereocenters. The lowest BCUT2D eigenvalue weighted by Crippen LogP contribution is -2.49. The van der Waals surface area contributed by atoms with Gasteiger partial charge in [0.05, 0.1) is 24.2 Å². The third-order valence-corrected chi connectivity index (χ3v) is 6.10. The number of fused-ring (bicyclic) bond motifs is 1. The monoisotopic (exact) mass is 486 g/mol. The molecule has 1 aliphatic rings. The summed E-state index contributed by atoms with van der Waals surface area (Å²) >= 11 is 18.3. The lowest BCUT2D eigenvalue weighted by Gasteiger charge is -2.25. The van der Waals surface area contributed by atoms with Crippen molar-refractivity contribution < 1.29 is 9.21 Å². The minimum absolute atomic E-state index is 0.260. The first-order chi connectivity index (χ1) is 15.3. The van der Waals surface area contributed by atoms with Gasteiger partial charge in [0, 0.05) is 35.3 Å². The summed E-state index contributed by atoms with van der Waals surface area (Å²) in [6, 6.07) is 16.3. The van der Waals surface area contributed by atoms with Gasteiger partial charge in [-0.05, 0) is 48.6 Å². The summed E-state index contributed by atoms with van der Waals surface area (Å²) in [7, 11) is 3.51. The number of nitrogens with one attached hydrogen (secondary N) is 1. The van der Waals surface area contributed by atoms with E-state index in [0.717, 1.165) is 5.76 Å². The van der Waals surface area contributed by atoms with Crippen molar-refractivity contribution >= 4 is 57.8 Å². The first kappa shape index (κ1) is 22.3. The normalized spacial score (nSPS) is 15.6. The van der Waals surface area contributed by atoms with Crippen LogP contribution in [0, 0.1) is 0 Å². The van der Waals surface area contributed by atoms with E-state index < -0.39 is 6.17 Å². The number of halogens is 2. The number of likely N-dealkylation sites (N-methyl/N-ethyl adjacent to an activating group) is 1. The van der Waals surface area contributed by atoms with Crippen LogP contribution in [0.2, 0.25) is 10.0 Å². The summed E-state index contributed by atoms with van der Waals surface area (Å²) in [6.45, 7) is 0.451. The zero-order chi connectivity index (χ0) is 22.8. The number of hydrogen-bond acceptors (Lipinski definition) is 4. The number of anilines is 1. The molecule has 3 aromatic rings. The molecule has 1 unspecified atom stereocenters. The molecule has 2 aromatic carbocycles. The Morgan fingerprint density at radius 2 is 1.97 bits per heavy atom. The number of carbonyl (C=O) groups excluding carboxylic acids is 1. The van der Waals surface area contributed by atoms with Gasteiger partial charge in [0.25, 0.3) is 5.91 Å². The number of aliphatic imine (C=N–C) groups is 1. The quantitative estimate of drug-likeness (QED) is 0.540. The fraction of sp³-hybridized carbons (Fsp3) is 0.174. The maximum atomic E-state index is 13.3. The molecule has 0 aliphatic carbocycles. The van der Waals surface area contributed by atoms with Gasteiger partial charge in [-0.2, -0.15) is 0 Å². The van der Waals surface area contributed by atoms with Crippen molar-refractivity contribution in [2.24, 2.45) is 4.99 Å². The Morgan fingerprint density at radius 3 is 2.69 bits per heavy atom. The molecule has 0 spiro atoms. The van der Waals surface area contributed by atoms with Crippen LogP contribution < -0.4 is 10.2 Å². The van der Waals surface area contributed by atoms with E-state index in [0.29, 0.717) is 44.2 Å². The van der Waals surface area contributed by atoms with Crippen LogP contribution in [0.25, 0.3) is 0 Å². The number of carbonyl (C=O) groups is 1. The van der Waals surface area contributed by atoms with Crippen LogP contribution in [0.3, 0.4) is 0 Å². The Morgan fingerprint density at radius 1 is 1.19 bits per heavy atom. The van der Waals surface area contributed by atoms with Gasteiger partial charge < -0.3 is 19.5 Å². The van der Waals surface area contributed by atoms with Crippen LogP contribution >= 0.6 is 35.4 Å². The molecule has 4 rings (SSSR count). The fourth-order valence-electron chi connectivity index (χ4n) is 3.44. The first-order valence-corrected chi connectivity index (χ1v) is 11.0. The zero-order valence-corrected chi connectivity index (χ0v) is 19.7. The average molecular weight is 487 g/mol. The molecule has 6 nitrogen and oxygen atoms in total. The maximum Gasteiger partial charge on any atom is 0.272 e. The molecular formula is C23H20Cl2N4O2S. The summed E-state index contributed by atoms with van der Waals surface area (Å²) in [5, 5.41) is 4.49. The molecule has 0 saturated carbocycles. The van der Waals surface area contributed by atoms with Crippen molar-refractivity contribution in [1.82, 2.24) is 10.2 Å². The van der Waals surface area contributed by atoms with Gasteiger partial charge in [-0.15, -0.1) is 0 Å². The lowest BCUT2D eigenvalue weighted by atomic mass is 10.00. The van der Waals surface area contributed by atoms with Crippen LogP contribution in [0.5, 0.6) is 0 Å². The molecule has 0 fully saturated rings. The SMILES string of the molecule is CN(Cc1ccco1)C(=S)NC1N=C(c2ccccc2Cl)c2cc(Cl)ccc2N(C)C1=O. The summed E-state index contributed by atoms with van der Waals surface area (Å²) in [5.41, 5.74) is 2.64. The standard InChI is InChI=1S/C23H20Cl2N4O2S/c1-28(13-15-6-5-11-31-15)23(32)27-21-22(30)29(2)19-10-9-14(24)12-17(19)20(26-21)16-7-3-4-8-18(16)25/h3-12,21H,13H2,1-2H3,(H,27,32). The molecule has 1 N–H and O–H groups in total. The fourth-order valence-corrected chi connectivity index (χ4v) is 4.02. The number of benzodiazepines with no additional fused rings is 1. The summed E-state index contributed by atoms with van der Waals surface area (Å²) in [5.74, 6) is 0.493. The van der Waals surface area contributed by atoms with Crippen molar-refractivity contribution in [1.29, 1.82) is 0 Å². The Hall–Kier alpha value is -2.87. The lowest BCUT2D eigenvalue weighted by molar-refractivity contribution is -0.119. The number of nitrogens with zero attached hydrogens (tertiary/aromatic N) is 3. The topological polar surface area (TPSA) is 61.1 Å². The highest BCUT2D eigenvalue weighted by Gasteiger charge is 2.31. The number of benzene rings is 2. The van der Waals surface area contributed by atoms with Gasteiger partial charge in [-0.3, -0.25) is 4.79 Å². The molecule has 9 heteroatoms. The molecule has 1 aliphatic heterocycles. The summed E-state index contributed by atoms with van der Waals surface area (Å²) in [6.07, 6.45) is 0.649. The van der Waals surface area contributed by atoms with Crippen molar-refractivity contribution in [2.45, 2.75) is 12.7 Å². The van der Waals surface area contributed by atoms with Gasteiger partial charge in [0.15, 0.2) is 5.11 Å². The smallest absolute Gasteiger partial charge is 0.272 e. The number of furan rings is 1. The van der Waals surface area contributed by atoms with E-state index >= 15 is 0 Å². The Kier molecular flexibility index (Phi) is 6.50. The summed E-state index contributed by atoms with van der Waals surface area (Å²) < 4.78 is 5.39. The minimum atomic E-state index is -0.955. The van der Waals surface area contributed by atoms with Crippen LogP contribution in [0.4, 0.5) is 5.69 Å². The van der Waals surface area contributed by atoms with Crippen molar-refractivity contribution in [3.63, 3.8) is 0 Å². The third kappa shape index (κ3) is 4.50. The minimum Gasteiger partial charge on any atom is -0.467 e. The van der Waals surface area contributed by atoms with Crippen LogP contribution in [0.15, 0.2) is 70.3 Å². The molecule has 0 bridgehead atoms. The Labute approximate surface area is 201 Å². The van der Waals surface area contributed by atoms with Crippen LogP contribution in [-0.2, 0) is 11.3 Å². The Balaban J connectivity index is 1.73. The summed E-state index contributed by atoms with van der Waals surface area (Å²) in [4.78, 5) is 21.4. The highest BCUT2D eigenvalue weighted by atomic mass is 35.5. The molecule has 0 saturated heterocycles. The molecule has 164 valence electrons. The highest BCUT2D eigenvalue weighted by molar-refractivity contribution is 7.80. The third-order valence-electron chi connectivity index (χ3n) is 5.11. The number of hydrogen-bond donors (Lipinski definition) is 1. The van der Waals surface area contributed by atoms with Crippen LogP contribution in [0.1, 0.15) is 16.9 Å². The molecule has 2 heterocycles. The van der Waals surface area contributed by atoms with Crippen molar-refractivity contribution in [2.75, 3.05) is 19.0 Å². The second-order valence-electron chi connectivity index (χ2n) is 7.30. The molecular weight excluding hydrogens is 467 g/mol. The second kappa shape index (κ2) is 9.32. The van der Waals surface area contributed by atoms with E-state index in [1.54, 1.807) is 47.4 Å². The molecule has 1 aromatic heterocycles. The molecule has 1 amide bonds. The number of thiocarbonyl (C=S) groups is 1. The van der Waals surface area contributed by atoms with Crippen molar-refractivity contribution in [3.05, 3.63) is 87.8 Å². The van der Waals surface area contributed by atoms with Crippen molar-refractivity contribution in [3.8, 4) is 0 Å². The van der Waals surface area contributed by atoms with E-state index in [9.17, 15) is 4.79 Å². The van der Waals surface area contributed by atoms with Gasteiger partial charge in [-0.1, -0.05) is 41.4 Å². The van der Waals surface area contributed by atoms with E-state index in [1.165, 1.54) is 0 Å². The van der Waals surface area contributed by atoms with E-state index in [1.807, 2.05) is 37.4 Å². The van der Waals surface area contributed by atoms with Gasteiger partial charge in [0.1, 0.15) is 5.76 Å². The van der Waals surface area contributed by atoms with Gasteiger partial charge in [0.2, 0.25) is 6.17 Å². The predicted octanol–water partition coefficient (Wildman–Crippen LogP) is 4.73. The van der Waals surface area contributed by atoms with Gasteiger partial charge >= 0.3 is 0 Å². The Bertz CT molecular complexity index is 1200. The zero-order valence-electron chi connectivity index (χ0n) is 17.4. The maximum absolute atomic E-state index is 13.3. The first-order valence-electron chi connectivity index (χ1n) is 9.79.